The van der Waals surface area contributed by atoms with Crippen molar-refractivity contribution in [3.8, 4) is 0 Å². The number of hydrogen-bond acceptors (Lipinski definition) is 1. The smallest absolute Gasteiger partial charge is 0.140 e. The molecule has 0 aliphatic heterocycles. The first-order valence-electron chi connectivity index (χ1n) is 4.24. The first-order valence-corrected chi connectivity index (χ1v) is 4.24. The maximum atomic E-state index is 11.4. The standard InChI is InChI=1S/C10H14O/c1-6-4-9(11)8-5-7(6)10(8,2)3/h7-8H,1,4-5H2,2-3H3/t7?,8-/m0/s1. The van der Waals surface area contributed by atoms with E-state index in [9.17, 15) is 4.79 Å². The van der Waals surface area contributed by atoms with Gasteiger partial charge in [-0.3, -0.25) is 4.79 Å². The van der Waals surface area contributed by atoms with E-state index in [2.05, 4.69) is 20.4 Å². The Balaban J connectivity index is 2.33. The second kappa shape index (κ2) is 1.77. The number of rotatable bonds is 0. The van der Waals surface area contributed by atoms with Crippen LogP contribution < -0.4 is 0 Å². The Labute approximate surface area is 67.5 Å². The Bertz CT molecular complexity index is 215. The van der Waals surface area contributed by atoms with E-state index >= 15 is 0 Å². The summed E-state index contributed by atoms with van der Waals surface area (Å²) >= 11 is 0. The van der Waals surface area contributed by atoms with E-state index in [1.54, 1.807) is 0 Å². The third-order valence-corrected chi connectivity index (χ3v) is 3.55. The van der Waals surface area contributed by atoms with Gasteiger partial charge in [-0.1, -0.05) is 26.0 Å². The highest BCUT2D eigenvalue weighted by molar-refractivity contribution is 5.87. The van der Waals surface area contributed by atoms with Crippen LogP contribution in [0.4, 0.5) is 0 Å². The van der Waals surface area contributed by atoms with Crippen molar-refractivity contribution in [2.75, 3.05) is 0 Å². The van der Waals surface area contributed by atoms with Crippen molar-refractivity contribution in [3.05, 3.63) is 12.2 Å². The average Bonchev–Trinajstić information content (AvgIpc) is 1.84. The molecule has 2 atom stereocenters. The van der Waals surface area contributed by atoms with Crippen LogP contribution in [0.5, 0.6) is 0 Å². The molecule has 0 amide bonds. The van der Waals surface area contributed by atoms with Crippen molar-refractivity contribution < 1.29 is 4.79 Å². The Hall–Kier alpha value is -0.590. The van der Waals surface area contributed by atoms with Gasteiger partial charge in [-0.25, -0.2) is 0 Å². The lowest BCUT2D eigenvalue weighted by molar-refractivity contribution is -0.141. The number of Topliss-reactive ketones (excluding diaryl/α,β-unsaturated/α-hetero) is 1. The Kier molecular flexibility index (Phi) is 1.14. The van der Waals surface area contributed by atoms with Gasteiger partial charge in [-0.15, -0.1) is 0 Å². The highest BCUT2D eigenvalue weighted by atomic mass is 16.1. The summed E-state index contributed by atoms with van der Waals surface area (Å²) in [5, 5.41) is 0. The van der Waals surface area contributed by atoms with Crippen LogP contribution in [0.3, 0.4) is 0 Å². The Morgan fingerprint density at radius 2 is 2.09 bits per heavy atom. The molecule has 0 heterocycles. The number of carbonyl (C=O) groups excluding carboxylic acids is 1. The predicted octanol–water partition coefficient (Wildman–Crippen LogP) is 2.18. The first-order chi connectivity index (χ1) is 5.03. The van der Waals surface area contributed by atoms with E-state index in [1.165, 1.54) is 5.57 Å². The summed E-state index contributed by atoms with van der Waals surface area (Å²) in [4.78, 5) is 11.4. The van der Waals surface area contributed by atoms with Crippen LogP contribution in [0.2, 0.25) is 0 Å². The third-order valence-electron chi connectivity index (χ3n) is 3.55. The molecule has 1 heteroatoms. The minimum Gasteiger partial charge on any atom is -0.299 e. The van der Waals surface area contributed by atoms with Gasteiger partial charge in [-0.2, -0.15) is 0 Å². The van der Waals surface area contributed by atoms with Gasteiger partial charge in [0.15, 0.2) is 0 Å². The normalized spacial score (nSPS) is 40.2. The molecule has 3 aliphatic carbocycles. The highest BCUT2D eigenvalue weighted by Crippen LogP contribution is 2.59. The number of carbonyl (C=O) groups is 1. The summed E-state index contributed by atoms with van der Waals surface area (Å²) in [6, 6.07) is 0. The van der Waals surface area contributed by atoms with Crippen LogP contribution in [0.25, 0.3) is 0 Å². The molecule has 0 radical (unpaired) electrons. The third kappa shape index (κ3) is 0.688. The monoisotopic (exact) mass is 150 g/mol. The first kappa shape index (κ1) is 7.08. The molecule has 0 saturated heterocycles. The van der Waals surface area contributed by atoms with Crippen LogP contribution >= 0.6 is 0 Å². The van der Waals surface area contributed by atoms with Gasteiger partial charge in [-0.05, 0) is 17.8 Å². The van der Waals surface area contributed by atoms with Gasteiger partial charge in [0, 0.05) is 12.3 Å². The molecular weight excluding hydrogens is 136 g/mol. The molecule has 3 saturated carbocycles. The molecule has 0 aromatic heterocycles. The molecule has 60 valence electrons. The molecule has 3 rings (SSSR count). The maximum Gasteiger partial charge on any atom is 0.140 e. The largest absolute Gasteiger partial charge is 0.299 e. The molecule has 0 aromatic rings. The summed E-state index contributed by atoms with van der Waals surface area (Å²) in [5.41, 5.74) is 1.40. The summed E-state index contributed by atoms with van der Waals surface area (Å²) in [5.74, 6) is 1.39. The molecule has 0 spiro atoms. The van der Waals surface area contributed by atoms with E-state index in [-0.39, 0.29) is 5.41 Å². The van der Waals surface area contributed by atoms with Gasteiger partial charge in [0.1, 0.15) is 5.78 Å². The van der Waals surface area contributed by atoms with Crippen LogP contribution in [-0.4, -0.2) is 5.78 Å². The molecule has 3 fully saturated rings. The lowest BCUT2D eigenvalue weighted by atomic mass is 9.47. The van der Waals surface area contributed by atoms with E-state index in [0.717, 1.165) is 6.42 Å². The van der Waals surface area contributed by atoms with Crippen molar-refractivity contribution in [2.24, 2.45) is 17.3 Å². The van der Waals surface area contributed by atoms with Gasteiger partial charge in [0.2, 0.25) is 0 Å². The fourth-order valence-electron chi connectivity index (χ4n) is 2.63. The van der Waals surface area contributed by atoms with Gasteiger partial charge in [0.25, 0.3) is 0 Å². The molecule has 1 nitrogen and oxygen atoms in total. The molecule has 11 heavy (non-hydrogen) atoms. The molecular formula is C10H14O. The topological polar surface area (TPSA) is 17.1 Å². The number of allylic oxidation sites excluding steroid dienone is 1. The van der Waals surface area contributed by atoms with Gasteiger partial charge < -0.3 is 0 Å². The fraction of sp³-hybridized carbons (Fsp3) is 0.700. The highest BCUT2D eigenvalue weighted by Gasteiger charge is 2.55. The van der Waals surface area contributed by atoms with E-state index in [0.29, 0.717) is 24.0 Å². The minimum atomic E-state index is 0.229. The SMILES string of the molecule is C=C1CC(=O)[C@@H]2CC1C2(C)C. The molecule has 0 N–H and O–H groups in total. The molecule has 3 aliphatic rings. The lowest BCUT2D eigenvalue weighted by Crippen LogP contribution is -2.53. The van der Waals surface area contributed by atoms with Crippen molar-refractivity contribution in [3.63, 3.8) is 0 Å². The number of hydrogen-bond donors (Lipinski definition) is 0. The quantitative estimate of drug-likeness (QED) is 0.484. The van der Waals surface area contributed by atoms with E-state index < -0.39 is 0 Å². The number of ketones is 1. The molecule has 0 aromatic carbocycles. The van der Waals surface area contributed by atoms with E-state index in [1.807, 2.05) is 0 Å². The zero-order valence-electron chi connectivity index (χ0n) is 7.18. The average molecular weight is 150 g/mol. The van der Waals surface area contributed by atoms with Crippen molar-refractivity contribution >= 4 is 5.78 Å². The van der Waals surface area contributed by atoms with Crippen molar-refractivity contribution in [2.45, 2.75) is 26.7 Å². The van der Waals surface area contributed by atoms with Gasteiger partial charge >= 0.3 is 0 Å². The van der Waals surface area contributed by atoms with Crippen LogP contribution in [0.1, 0.15) is 26.7 Å². The van der Waals surface area contributed by atoms with E-state index in [4.69, 9.17) is 0 Å². The Morgan fingerprint density at radius 3 is 2.45 bits per heavy atom. The van der Waals surface area contributed by atoms with Crippen molar-refractivity contribution in [1.82, 2.24) is 0 Å². The summed E-state index contributed by atoms with van der Waals surface area (Å²) in [6.45, 7) is 8.34. The second-order valence-electron chi connectivity index (χ2n) is 4.46. The summed E-state index contributed by atoms with van der Waals surface area (Å²) < 4.78 is 0. The predicted molar refractivity (Wildman–Crippen MR) is 44.1 cm³/mol. The van der Waals surface area contributed by atoms with Crippen molar-refractivity contribution in [1.29, 1.82) is 0 Å². The van der Waals surface area contributed by atoms with Gasteiger partial charge in [0.05, 0.1) is 0 Å². The maximum absolute atomic E-state index is 11.4. The fourth-order valence-corrected chi connectivity index (χ4v) is 2.63. The molecule has 1 unspecified atom stereocenters. The van der Waals surface area contributed by atoms with Crippen LogP contribution in [-0.2, 0) is 4.79 Å². The summed E-state index contributed by atoms with van der Waals surface area (Å²) in [7, 11) is 0. The zero-order valence-corrected chi connectivity index (χ0v) is 7.18. The number of fused-ring (bicyclic) bond motifs is 2. The minimum absolute atomic E-state index is 0.229. The van der Waals surface area contributed by atoms with Crippen LogP contribution in [0.15, 0.2) is 12.2 Å². The molecule has 2 bridgehead atoms. The second-order valence-corrected chi connectivity index (χ2v) is 4.46. The summed E-state index contributed by atoms with van der Waals surface area (Å²) in [6.07, 6.45) is 1.73. The van der Waals surface area contributed by atoms with Crippen LogP contribution in [0, 0.1) is 17.3 Å². The lowest BCUT2D eigenvalue weighted by Gasteiger charge is -2.56. The zero-order chi connectivity index (χ0) is 8.22. The Morgan fingerprint density at radius 1 is 1.45 bits per heavy atom.